The predicted octanol–water partition coefficient (Wildman–Crippen LogP) is 7.02. The quantitative estimate of drug-likeness (QED) is 0.475. The summed E-state index contributed by atoms with van der Waals surface area (Å²) < 4.78 is 12.2. The standard InChI is InChI=1S/C25H34FN/c26-18-2-1-3-20-10-14-24(15-11-20)25-16-12-22(13-17-25)5-4-21-6-8-23(19-27)9-7-21/h1,3,6-9,20,22,24-25H,2,4-5,10-18H2/b3-1+/t20-,22?,24-,25?. The highest BCUT2D eigenvalue weighted by Gasteiger charge is 2.30. The lowest BCUT2D eigenvalue weighted by molar-refractivity contribution is 0.152. The van der Waals surface area contributed by atoms with Crippen LogP contribution in [-0.2, 0) is 6.42 Å². The Bertz CT molecular complexity index is 611. The molecule has 2 saturated carbocycles. The van der Waals surface area contributed by atoms with Gasteiger partial charge in [0.15, 0.2) is 0 Å². The van der Waals surface area contributed by atoms with Crippen LogP contribution in [0.3, 0.4) is 0 Å². The first-order valence-corrected chi connectivity index (χ1v) is 11.0. The van der Waals surface area contributed by atoms with Crippen molar-refractivity contribution in [1.29, 1.82) is 5.26 Å². The molecule has 3 rings (SSSR count). The van der Waals surface area contributed by atoms with E-state index in [2.05, 4.69) is 24.3 Å². The van der Waals surface area contributed by atoms with E-state index in [1.165, 1.54) is 63.4 Å². The second kappa shape index (κ2) is 10.6. The van der Waals surface area contributed by atoms with Crippen molar-refractivity contribution in [2.75, 3.05) is 6.67 Å². The van der Waals surface area contributed by atoms with Crippen LogP contribution in [0.5, 0.6) is 0 Å². The topological polar surface area (TPSA) is 23.8 Å². The van der Waals surface area contributed by atoms with Crippen LogP contribution in [-0.4, -0.2) is 6.67 Å². The summed E-state index contributed by atoms with van der Waals surface area (Å²) in [6.07, 6.45) is 18.4. The Kier molecular flexibility index (Phi) is 7.93. The highest BCUT2D eigenvalue weighted by atomic mass is 19.1. The van der Waals surface area contributed by atoms with Crippen molar-refractivity contribution in [1.82, 2.24) is 0 Å². The number of hydrogen-bond donors (Lipinski definition) is 0. The Labute approximate surface area is 164 Å². The monoisotopic (exact) mass is 367 g/mol. The Morgan fingerprint density at radius 1 is 0.926 bits per heavy atom. The predicted molar refractivity (Wildman–Crippen MR) is 110 cm³/mol. The summed E-state index contributed by atoms with van der Waals surface area (Å²) in [7, 11) is 0. The number of aryl methyl sites for hydroxylation is 1. The first-order valence-electron chi connectivity index (χ1n) is 11.0. The average Bonchev–Trinajstić information content (AvgIpc) is 2.74. The van der Waals surface area contributed by atoms with E-state index in [1.54, 1.807) is 0 Å². The molecule has 2 heteroatoms. The second-order valence-electron chi connectivity index (χ2n) is 8.71. The van der Waals surface area contributed by atoms with Crippen molar-refractivity contribution in [3.05, 3.63) is 47.5 Å². The third-order valence-corrected chi connectivity index (χ3v) is 6.98. The molecule has 0 spiro atoms. The highest BCUT2D eigenvalue weighted by Crippen LogP contribution is 2.42. The van der Waals surface area contributed by atoms with Gasteiger partial charge in [-0.2, -0.15) is 5.26 Å². The summed E-state index contributed by atoms with van der Waals surface area (Å²) in [4.78, 5) is 0. The molecule has 1 aromatic rings. The molecule has 2 fully saturated rings. The number of nitrogens with zero attached hydrogens (tertiary/aromatic N) is 1. The minimum absolute atomic E-state index is 0.222. The third kappa shape index (κ3) is 6.20. The van der Waals surface area contributed by atoms with Gasteiger partial charge >= 0.3 is 0 Å². The van der Waals surface area contributed by atoms with Gasteiger partial charge in [-0.3, -0.25) is 4.39 Å². The van der Waals surface area contributed by atoms with E-state index in [0.717, 1.165) is 29.7 Å². The molecule has 27 heavy (non-hydrogen) atoms. The van der Waals surface area contributed by atoms with Gasteiger partial charge in [0.2, 0.25) is 0 Å². The minimum Gasteiger partial charge on any atom is -0.251 e. The van der Waals surface area contributed by atoms with Crippen LogP contribution in [0, 0.1) is 35.0 Å². The van der Waals surface area contributed by atoms with E-state index in [9.17, 15) is 4.39 Å². The van der Waals surface area contributed by atoms with Crippen molar-refractivity contribution in [2.45, 2.75) is 70.6 Å². The number of alkyl halides is 1. The molecule has 2 aliphatic carbocycles. The molecule has 2 aliphatic rings. The molecule has 0 bridgehead atoms. The molecule has 146 valence electrons. The van der Waals surface area contributed by atoms with E-state index >= 15 is 0 Å². The first-order chi connectivity index (χ1) is 13.3. The number of nitriles is 1. The summed E-state index contributed by atoms with van der Waals surface area (Å²) in [6.45, 7) is -0.222. The van der Waals surface area contributed by atoms with Crippen LogP contribution < -0.4 is 0 Å². The van der Waals surface area contributed by atoms with Gasteiger partial charge in [0.05, 0.1) is 18.3 Å². The fourth-order valence-corrected chi connectivity index (χ4v) is 5.23. The lowest BCUT2D eigenvalue weighted by atomic mass is 9.68. The van der Waals surface area contributed by atoms with Gasteiger partial charge in [0.25, 0.3) is 0 Å². The molecule has 0 N–H and O–H groups in total. The van der Waals surface area contributed by atoms with E-state index in [4.69, 9.17) is 5.26 Å². The zero-order valence-corrected chi connectivity index (χ0v) is 16.6. The molecule has 0 amide bonds. The third-order valence-electron chi connectivity index (χ3n) is 6.98. The first kappa shape index (κ1) is 20.1. The van der Waals surface area contributed by atoms with Gasteiger partial charge in [0, 0.05) is 0 Å². The highest BCUT2D eigenvalue weighted by molar-refractivity contribution is 5.31. The fraction of sp³-hybridized carbons (Fsp3) is 0.640. The van der Waals surface area contributed by atoms with Crippen molar-refractivity contribution in [3.8, 4) is 6.07 Å². The molecule has 0 saturated heterocycles. The molecule has 0 aromatic heterocycles. The summed E-state index contributed by atoms with van der Waals surface area (Å²) in [5, 5.41) is 8.89. The Morgan fingerprint density at radius 2 is 1.56 bits per heavy atom. The van der Waals surface area contributed by atoms with Gasteiger partial charge in [-0.15, -0.1) is 0 Å². The number of halogens is 1. The summed E-state index contributed by atoms with van der Waals surface area (Å²) in [6, 6.07) is 10.3. The zero-order chi connectivity index (χ0) is 18.9. The molecule has 0 radical (unpaired) electrons. The Hall–Kier alpha value is -1.62. The number of allylic oxidation sites excluding steroid dienone is 2. The lowest BCUT2D eigenvalue weighted by Crippen LogP contribution is -2.25. The molecule has 0 aliphatic heterocycles. The van der Waals surface area contributed by atoms with Crippen LogP contribution >= 0.6 is 0 Å². The number of hydrogen-bond acceptors (Lipinski definition) is 1. The molecule has 1 aromatic carbocycles. The fourth-order valence-electron chi connectivity index (χ4n) is 5.23. The largest absolute Gasteiger partial charge is 0.251 e. The SMILES string of the molecule is N#Cc1ccc(CCC2CCC([C@H]3CC[C@H](/C=C/CCF)CC3)CC2)cc1. The van der Waals surface area contributed by atoms with Gasteiger partial charge in [0.1, 0.15) is 0 Å². The van der Waals surface area contributed by atoms with Gasteiger partial charge in [-0.05, 0) is 99.2 Å². The Balaban J connectivity index is 1.35. The van der Waals surface area contributed by atoms with Crippen molar-refractivity contribution >= 4 is 0 Å². The summed E-state index contributed by atoms with van der Waals surface area (Å²) in [5.41, 5.74) is 2.13. The molecule has 0 atom stereocenters. The zero-order valence-electron chi connectivity index (χ0n) is 16.6. The maximum absolute atomic E-state index is 12.2. The van der Waals surface area contributed by atoms with Gasteiger partial charge in [-0.25, -0.2) is 0 Å². The maximum Gasteiger partial charge on any atom is 0.0991 e. The molecule has 0 heterocycles. The van der Waals surface area contributed by atoms with Crippen molar-refractivity contribution in [2.24, 2.45) is 23.7 Å². The normalized spacial score (nSPS) is 28.9. The molecular formula is C25H34FN. The van der Waals surface area contributed by atoms with E-state index in [-0.39, 0.29) is 6.67 Å². The molecule has 0 unspecified atom stereocenters. The van der Waals surface area contributed by atoms with E-state index < -0.39 is 0 Å². The van der Waals surface area contributed by atoms with Gasteiger partial charge < -0.3 is 0 Å². The second-order valence-corrected chi connectivity index (χ2v) is 8.71. The minimum atomic E-state index is -0.222. The summed E-state index contributed by atoms with van der Waals surface area (Å²) in [5.74, 6) is 3.48. The average molecular weight is 368 g/mol. The number of benzene rings is 1. The van der Waals surface area contributed by atoms with Crippen LogP contribution in [0.25, 0.3) is 0 Å². The summed E-state index contributed by atoms with van der Waals surface area (Å²) >= 11 is 0. The van der Waals surface area contributed by atoms with Gasteiger partial charge in [-0.1, -0.05) is 37.1 Å². The lowest BCUT2D eigenvalue weighted by Gasteiger charge is -2.37. The van der Waals surface area contributed by atoms with Crippen LogP contribution in [0.1, 0.15) is 75.3 Å². The van der Waals surface area contributed by atoms with Crippen LogP contribution in [0.15, 0.2) is 36.4 Å². The van der Waals surface area contributed by atoms with E-state index in [1.807, 2.05) is 18.2 Å². The van der Waals surface area contributed by atoms with Crippen molar-refractivity contribution in [3.63, 3.8) is 0 Å². The maximum atomic E-state index is 12.2. The van der Waals surface area contributed by atoms with Crippen molar-refractivity contribution < 1.29 is 4.39 Å². The molecular weight excluding hydrogens is 333 g/mol. The van der Waals surface area contributed by atoms with E-state index in [0.29, 0.717) is 12.3 Å². The molecule has 1 nitrogen and oxygen atoms in total. The van der Waals surface area contributed by atoms with Crippen LogP contribution in [0.2, 0.25) is 0 Å². The Morgan fingerprint density at radius 3 is 2.15 bits per heavy atom. The number of rotatable bonds is 7. The smallest absolute Gasteiger partial charge is 0.0991 e. The van der Waals surface area contributed by atoms with Crippen LogP contribution in [0.4, 0.5) is 4.39 Å².